The first kappa shape index (κ1) is 19.0. The number of anilines is 1. The summed E-state index contributed by atoms with van der Waals surface area (Å²) >= 11 is 3.03. The van der Waals surface area contributed by atoms with Gasteiger partial charge < -0.3 is 16.0 Å². The zero-order valence-corrected chi connectivity index (χ0v) is 16.9. The third kappa shape index (κ3) is 4.73. The van der Waals surface area contributed by atoms with E-state index in [2.05, 4.69) is 16.0 Å². The molecule has 0 saturated carbocycles. The lowest BCUT2D eigenvalue weighted by atomic mass is 10.1. The summed E-state index contributed by atoms with van der Waals surface area (Å²) in [5.74, 6) is -0.146. The first-order chi connectivity index (χ1) is 13.7. The lowest BCUT2D eigenvalue weighted by Gasteiger charge is -2.22. The summed E-state index contributed by atoms with van der Waals surface area (Å²) in [6.45, 7) is 1.90. The standard InChI is InChI=1S/C21H21N3O2S2/c25-20(23-15-7-9-22-10-8-15)6-5-14-11-16(27-13-14)12-19-21(26)24-17-3-1-2-4-18(17)28-19/h1-6,11-13,15,22H,7-10H2,(H,23,25)(H,24,26)/b6-5+,19-12+. The number of hydrogen-bond acceptors (Lipinski definition) is 5. The van der Waals surface area contributed by atoms with Crippen LogP contribution in [0.5, 0.6) is 0 Å². The Balaban J connectivity index is 1.39. The molecule has 5 nitrogen and oxygen atoms in total. The first-order valence-electron chi connectivity index (χ1n) is 9.25. The summed E-state index contributed by atoms with van der Waals surface area (Å²) < 4.78 is 0. The zero-order valence-electron chi connectivity index (χ0n) is 15.2. The molecule has 4 rings (SSSR count). The third-order valence-corrected chi connectivity index (χ3v) is 6.60. The topological polar surface area (TPSA) is 70.2 Å². The maximum absolute atomic E-state index is 12.3. The molecule has 1 saturated heterocycles. The van der Waals surface area contributed by atoms with Crippen LogP contribution in [0, 0.1) is 0 Å². The lowest BCUT2D eigenvalue weighted by molar-refractivity contribution is -0.117. The van der Waals surface area contributed by atoms with Crippen molar-refractivity contribution in [3.63, 3.8) is 0 Å². The van der Waals surface area contributed by atoms with E-state index in [9.17, 15) is 9.59 Å². The van der Waals surface area contributed by atoms with Crippen LogP contribution in [-0.4, -0.2) is 30.9 Å². The summed E-state index contributed by atoms with van der Waals surface area (Å²) in [6, 6.07) is 10.0. The van der Waals surface area contributed by atoms with Gasteiger partial charge in [-0.25, -0.2) is 0 Å². The van der Waals surface area contributed by atoms with Gasteiger partial charge in [-0.1, -0.05) is 23.9 Å². The molecule has 0 atom stereocenters. The van der Waals surface area contributed by atoms with Crippen LogP contribution in [0.15, 0.2) is 51.6 Å². The number of nitrogens with one attached hydrogen (secondary N) is 3. The Morgan fingerprint density at radius 3 is 2.89 bits per heavy atom. The minimum atomic E-state index is -0.0875. The molecule has 1 aromatic carbocycles. The van der Waals surface area contributed by atoms with Crippen molar-refractivity contribution in [2.75, 3.05) is 18.4 Å². The Morgan fingerprint density at radius 2 is 2.04 bits per heavy atom. The summed E-state index contributed by atoms with van der Waals surface area (Å²) in [6.07, 6.45) is 7.24. The number of thiophene rings is 1. The molecule has 1 aromatic heterocycles. The molecule has 3 N–H and O–H groups in total. The van der Waals surface area contributed by atoms with E-state index >= 15 is 0 Å². The van der Waals surface area contributed by atoms with Gasteiger partial charge in [-0.3, -0.25) is 9.59 Å². The summed E-state index contributed by atoms with van der Waals surface area (Å²) in [5.41, 5.74) is 1.81. The number of hydrogen-bond donors (Lipinski definition) is 3. The minimum Gasteiger partial charge on any atom is -0.350 e. The lowest BCUT2D eigenvalue weighted by Crippen LogP contribution is -2.42. The van der Waals surface area contributed by atoms with Gasteiger partial charge in [0.05, 0.1) is 10.6 Å². The molecule has 2 aliphatic heterocycles. The minimum absolute atomic E-state index is 0.0585. The highest BCUT2D eigenvalue weighted by Gasteiger charge is 2.20. The number of piperidine rings is 1. The average Bonchev–Trinajstić information content (AvgIpc) is 3.15. The maximum Gasteiger partial charge on any atom is 0.262 e. The normalized spacial score (nSPS) is 18.9. The number of carbonyl (C=O) groups excluding carboxylic acids is 2. The van der Waals surface area contributed by atoms with Crippen LogP contribution in [0.2, 0.25) is 0 Å². The van der Waals surface area contributed by atoms with E-state index in [0.717, 1.165) is 47.0 Å². The van der Waals surface area contributed by atoms with Gasteiger partial charge in [0.2, 0.25) is 5.91 Å². The molecular formula is C21H21N3O2S2. The zero-order chi connectivity index (χ0) is 19.3. The van der Waals surface area contributed by atoms with E-state index in [-0.39, 0.29) is 17.9 Å². The molecule has 1 fully saturated rings. The smallest absolute Gasteiger partial charge is 0.262 e. The van der Waals surface area contributed by atoms with Gasteiger partial charge in [0, 0.05) is 21.9 Å². The second kappa shape index (κ2) is 8.77. The van der Waals surface area contributed by atoms with Crippen LogP contribution in [0.25, 0.3) is 12.2 Å². The number of para-hydroxylation sites is 1. The van der Waals surface area contributed by atoms with Gasteiger partial charge in [0.1, 0.15) is 0 Å². The predicted octanol–water partition coefficient (Wildman–Crippen LogP) is 3.71. The van der Waals surface area contributed by atoms with Crippen LogP contribution in [0.4, 0.5) is 5.69 Å². The number of thioether (sulfide) groups is 1. The van der Waals surface area contributed by atoms with Crippen molar-refractivity contribution in [1.29, 1.82) is 0 Å². The van der Waals surface area contributed by atoms with Crippen molar-refractivity contribution >= 4 is 52.8 Å². The van der Waals surface area contributed by atoms with E-state index in [1.54, 1.807) is 17.4 Å². The molecule has 2 aromatic rings. The van der Waals surface area contributed by atoms with Crippen molar-refractivity contribution in [2.45, 2.75) is 23.8 Å². The number of amides is 2. The van der Waals surface area contributed by atoms with Gasteiger partial charge in [0.25, 0.3) is 5.91 Å². The molecule has 2 amide bonds. The van der Waals surface area contributed by atoms with Gasteiger partial charge in [-0.2, -0.15) is 0 Å². The van der Waals surface area contributed by atoms with Crippen molar-refractivity contribution < 1.29 is 9.59 Å². The van der Waals surface area contributed by atoms with Crippen molar-refractivity contribution in [3.05, 3.63) is 57.1 Å². The second-order valence-corrected chi connectivity index (χ2v) is 8.74. The van der Waals surface area contributed by atoms with E-state index in [4.69, 9.17) is 0 Å². The van der Waals surface area contributed by atoms with Gasteiger partial charge in [0.15, 0.2) is 0 Å². The third-order valence-electron chi connectivity index (χ3n) is 4.61. The Hall–Kier alpha value is -2.35. The van der Waals surface area contributed by atoms with E-state index < -0.39 is 0 Å². The summed E-state index contributed by atoms with van der Waals surface area (Å²) in [7, 11) is 0. The maximum atomic E-state index is 12.3. The highest BCUT2D eigenvalue weighted by Crippen LogP contribution is 2.39. The quantitative estimate of drug-likeness (QED) is 0.671. The second-order valence-electron chi connectivity index (χ2n) is 6.71. The van der Waals surface area contributed by atoms with Crippen molar-refractivity contribution in [1.82, 2.24) is 10.6 Å². The molecule has 2 aliphatic rings. The number of rotatable bonds is 4. The fourth-order valence-electron chi connectivity index (χ4n) is 3.15. The molecule has 144 valence electrons. The number of carbonyl (C=O) groups is 2. The summed E-state index contributed by atoms with van der Waals surface area (Å²) in [5, 5.41) is 11.2. The highest BCUT2D eigenvalue weighted by atomic mass is 32.2. The number of benzene rings is 1. The average molecular weight is 412 g/mol. The van der Waals surface area contributed by atoms with Crippen LogP contribution in [-0.2, 0) is 9.59 Å². The van der Waals surface area contributed by atoms with Crippen LogP contribution in [0.1, 0.15) is 23.3 Å². The molecule has 0 spiro atoms. The first-order valence-corrected chi connectivity index (χ1v) is 10.9. The number of fused-ring (bicyclic) bond motifs is 1. The van der Waals surface area contributed by atoms with E-state index in [0.29, 0.717) is 4.91 Å². The van der Waals surface area contributed by atoms with Gasteiger partial charge in [-0.05, 0) is 67.2 Å². The van der Waals surface area contributed by atoms with Crippen molar-refractivity contribution in [2.24, 2.45) is 0 Å². The van der Waals surface area contributed by atoms with Gasteiger partial charge >= 0.3 is 0 Å². The fraction of sp³-hybridized carbons (Fsp3) is 0.238. The molecule has 3 heterocycles. The monoisotopic (exact) mass is 411 g/mol. The molecule has 7 heteroatoms. The molecule has 0 unspecified atom stereocenters. The Morgan fingerprint density at radius 1 is 1.21 bits per heavy atom. The molecular weight excluding hydrogens is 390 g/mol. The SMILES string of the molecule is O=C(/C=C/c1csc(/C=C2/Sc3ccccc3NC2=O)c1)NC1CCNCC1. The van der Waals surface area contributed by atoms with E-state index in [1.165, 1.54) is 11.8 Å². The van der Waals surface area contributed by atoms with Crippen LogP contribution < -0.4 is 16.0 Å². The highest BCUT2D eigenvalue weighted by molar-refractivity contribution is 8.04. The predicted molar refractivity (Wildman–Crippen MR) is 116 cm³/mol. The van der Waals surface area contributed by atoms with Crippen LogP contribution in [0.3, 0.4) is 0 Å². The largest absolute Gasteiger partial charge is 0.350 e. The molecule has 0 bridgehead atoms. The fourth-order valence-corrected chi connectivity index (χ4v) is 4.98. The van der Waals surface area contributed by atoms with Crippen LogP contribution >= 0.6 is 23.1 Å². The van der Waals surface area contributed by atoms with Gasteiger partial charge in [-0.15, -0.1) is 11.3 Å². The Labute approximate surface area is 172 Å². The Kier molecular flexibility index (Phi) is 5.95. The molecule has 0 radical (unpaired) electrons. The Bertz CT molecular complexity index is 943. The summed E-state index contributed by atoms with van der Waals surface area (Å²) in [4.78, 5) is 27.1. The van der Waals surface area contributed by atoms with Crippen molar-refractivity contribution in [3.8, 4) is 0 Å². The molecule has 0 aliphatic carbocycles. The molecule has 28 heavy (non-hydrogen) atoms. The van der Waals surface area contributed by atoms with E-state index in [1.807, 2.05) is 47.9 Å².